The normalized spacial score (nSPS) is 12.6. The zero-order valence-electron chi connectivity index (χ0n) is 12.2. The molecule has 0 amide bonds. The van der Waals surface area contributed by atoms with E-state index in [1.807, 2.05) is 0 Å². The molecule has 2 nitrogen and oxygen atoms in total. The molecule has 0 aliphatic rings. The van der Waals surface area contributed by atoms with Crippen molar-refractivity contribution in [2.45, 2.75) is 46.2 Å². The van der Waals surface area contributed by atoms with Gasteiger partial charge in [-0.05, 0) is 49.1 Å². The Balaban J connectivity index is 2.22. The number of aromatic nitrogens is 1. The van der Waals surface area contributed by atoms with Crippen LogP contribution in [0.5, 0.6) is 0 Å². The molecule has 19 heavy (non-hydrogen) atoms. The number of hydrogen-bond acceptors (Lipinski definition) is 1. The van der Waals surface area contributed by atoms with Crippen LogP contribution in [0.15, 0.2) is 36.5 Å². The van der Waals surface area contributed by atoms with Gasteiger partial charge in [0.25, 0.3) is 0 Å². The van der Waals surface area contributed by atoms with Crippen LogP contribution in [-0.4, -0.2) is 10.6 Å². The molecule has 0 aliphatic carbocycles. The molecule has 0 bridgehead atoms. The topological polar surface area (TPSA) is 30.9 Å². The number of hydrogen-bond donors (Lipinski definition) is 1. The first-order valence-electron chi connectivity index (χ1n) is 7.06. The van der Waals surface area contributed by atoms with Gasteiger partial charge in [0.15, 0.2) is 0 Å². The lowest BCUT2D eigenvalue weighted by Crippen LogP contribution is -2.23. The Morgan fingerprint density at radius 1 is 1.11 bits per heavy atom. The van der Waals surface area contributed by atoms with Crippen LogP contribution >= 0.6 is 0 Å². The van der Waals surface area contributed by atoms with Crippen molar-refractivity contribution in [1.82, 2.24) is 4.57 Å². The van der Waals surface area contributed by atoms with Crippen LogP contribution in [0.4, 0.5) is 0 Å². The fourth-order valence-electron chi connectivity index (χ4n) is 2.47. The lowest BCUT2D eigenvalue weighted by Gasteiger charge is -2.15. The Bertz CT molecular complexity index is 520. The van der Waals surface area contributed by atoms with Crippen molar-refractivity contribution in [3.63, 3.8) is 0 Å². The quantitative estimate of drug-likeness (QED) is 0.873. The Kier molecular flexibility index (Phi) is 4.43. The molecule has 1 unspecified atom stereocenters. The maximum absolute atomic E-state index is 6.07. The molecule has 0 aliphatic heterocycles. The predicted molar refractivity (Wildman–Crippen MR) is 81.4 cm³/mol. The molecule has 1 aromatic heterocycles. The van der Waals surface area contributed by atoms with E-state index in [4.69, 9.17) is 5.73 Å². The smallest absolute Gasteiger partial charge is 0.0478 e. The molecule has 1 heterocycles. The van der Waals surface area contributed by atoms with Gasteiger partial charge in [0.1, 0.15) is 0 Å². The lowest BCUT2D eigenvalue weighted by molar-refractivity contribution is 0.609. The van der Waals surface area contributed by atoms with Crippen molar-refractivity contribution in [3.8, 4) is 0 Å². The van der Waals surface area contributed by atoms with E-state index in [0.29, 0.717) is 0 Å². The van der Waals surface area contributed by atoms with Crippen molar-refractivity contribution in [3.05, 3.63) is 58.9 Å². The Morgan fingerprint density at radius 2 is 1.79 bits per heavy atom. The fourth-order valence-corrected chi connectivity index (χ4v) is 2.47. The Labute approximate surface area is 116 Å². The summed E-state index contributed by atoms with van der Waals surface area (Å²) in [5.74, 6) is 0. The average molecular weight is 256 g/mol. The van der Waals surface area contributed by atoms with Gasteiger partial charge in [-0.15, -0.1) is 0 Å². The molecule has 0 saturated heterocycles. The lowest BCUT2D eigenvalue weighted by atomic mass is 10.0. The minimum Gasteiger partial charge on any atom is -0.347 e. The highest BCUT2D eigenvalue weighted by atomic mass is 15.0. The summed E-state index contributed by atoms with van der Waals surface area (Å²) in [5.41, 5.74) is 11.5. The third-order valence-electron chi connectivity index (χ3n) is 3.89. The molecular formula is C17H24N2. The summed E-state index contributed by atoms with van der Waals surface area (Å²) in [6, 6.07) is 11.0. The van der Waals surface area contributed by atoms with E-state index in [1.165, 1.54) is 22.4 Å². The van der Waals surface area contributed by atoms with Crippen LogP contribution in [0.2, 0.25) is 0 Å². The largest absolute Gasteiger partial charge is 0.347 e. The standard InChI is InChI=1S/C17H24N2/c1-4-15(18)11-16-9-6-10-19(16)12-17-13(2)7-5-8-14(17)3/h5-10,15H,4,11-12,18H2,1-3H3. The molecular weight excluding hydrogens is 232 g/mol. The summed E-state index contributed by atoms with van der Waals surface area (Å²) < 4.78 is 2.32. The van der Waals surface area contributed by atoms with Crippen molar-refractivity contribution >= 4 is 0 Å². The summed E-state index contributed by atoms with van der Waals surface area (Å²) in [6.45, 7) is 7.45. The van der Waals surface area contributed by atoms with Crippen molar-refractivity contribution in [2.75, 3.05) is 0 Å². The summed E-state index contributed by atoms with van der Waals surface area (Å²) in [5, 5.41) is 0. The van der Waals surface area contributed by atoms with Gasteiger partial charge in [0.2, 0.25) is 0 Å². The van der Waals surface area contributed by atoms with Gasteiger partial charge in [-0.1, -0.05) is 25.1 Å². The summed E-state index contributed by atoms with van der Waals surface area (Å²) in [6.07, 6.45) is 4.13. The second kappa shape index (κ2) is 6.07. The van der Waals surface area contributed by atoms with E-state index in [-0.39, 0.29) is 6.04 Å². The second-order valence-corrected chi connectivity index (χ2v) is 5.37. The zero-order valence-corrected chi connectivity index (χ0v) is 12.2. The van der Waals surface area contributed by atoms with Crippen LogP contribution in [-0.2, 0) is 13.0 Å². The molecule has 0 radical (unpaired) electrons. The number of benzene rings is 1. The highest BCUT2D eigenvalue weighted by Gasteiger charge is 2.08. The molecule has 2 N–H and O–H groups in total. The van der Waals surface area contributed by atoms with Gasteiger partial charge in [-0.3, -0.25) is 0 Å². The van der Waals surface area contributed by atoms with E-state index in [0.717, 1.165) is 19.4 Å². The maximum Gasteiger partial charge on any atom is 0.0478 e. The molecule has 0 fully saturated rings. The van der Waals surface area contributed by atoms with Gasteiger partial charge in [-0.2, -0.15) is 0 Å². The molecule has 1 aromatic carbocycles. The number of nitrogens with two attached hydrogens (primary N) is 1. The first-order valence-corrected chi connectivity index (χ1v) is 7.06. The number of rotatable bonds is 5. The van der Waals surface area contributed by atoms with Crippen molar-refractivity contribution < 1.29 is 0 Å². The van der Waals surface area contributed by atoms with E-state index >= 15 is 0 Å². The summed E-state index contributed by atoms with van der Waals surface area (Å²) in [4.78, 5) is 0. The van der Waals surface area contributed by atoms with Crippen LogP contribution in [0.3, 0.4) is 0 Å². The van der Waals surface area contributed by atoms with Gasteiger partial charge in [0, 0.05) is 30.9 Å². The summed E-state index contributed by atoms with van der Waals surface area (Å²) >= 11 is 0. The minimum absolute atomic E-state index is 0.256. The summed E-state index contributed by atoms with van der Waals surface area (Å²) in [7, 11) is 0. The number of aryl methyl sites for hydroxylation is 2. The minimum atomic E-state index is 0.256. The third-order valence-corrected chi connectivity index (χ3v) is 3.89. The SMILES string of the molecule is CCC(N)Cc1cccn1Cc1c(C)cccc1C. The van der Waals surface area contributed by atoms with Crippen LogP contribution in [0.25, 0.3) is 0 Å². The van der Waals surface area contributed by atoms with Gasteiger partial charge in [0.05, 0.1) is 0 Å². The molecule has 1 atom stereocenters. The second-order valence-electron chi connectivity index (χ2n) is 5.37. The molecule has 0 saturated carbocycles. The van der Waals surface area contributed by atoms with Crippen LogP contribution in [0.1, 0.15) is 35.7 Å². The highest BCUT2D eigenvalue weighted by molar-refractivity contribution is 5.34. The fraction of sp³-hybridized carbons (Fsp3) is 0.412. The molecule has 2 rings (SSSR count). The molecule has 2 heteroatoms. The average Bonchev–Trinajstić information content (AvgIpc) is 2.81. The maximum atomic E-state index is 6.07. The Hall–Kier alpha value is -1.54. The van der Waals surface area contributed by atoms with Crippen LogP contribution < -0.4 is 5.73 Å². The van der Waals surface area contributed by atoms with E-state index in [1.54, 1.807) is 0 Å². The molecule has 102 valence electrons. The first-order chi connectivity index (χ1) is 9.11. The Morgan fingerprint density at radius 3 is 2.42 bits per heavy atom. The first kappa shape index (κ1) is 13.9. The van der Waals surface area contributed by atoms with Crippen LogP contribution in [0, 0.1) is 13.8 Å². The van der Waals surface area contributed by atoms with Gasteiger partial charge < -0.3 is 10.3 Å². The van der Waals surface area contributed by atoms with Gasteiger partial charge >= 0.3 is 0 Å². The van der Waals surface area contributed by atoms with Crippen molar-refractivity contribution in [1.29, 1.82) is 0 Å². The van der Waals surface area contributed by atoms with E-state index < -0.39 is 0 Å². The number of nitrogens with zero attached hydrogens (tertiary/aromatic N) is 1. The molecule has 2 aromatic rings. The highest BCUT2D eigenvalue weighted by Crippen LogP contribution is 2.17. The monoisotopic (exact) mass is 256 g/mol. The predicted octanol–water partition coefficient (Wildman–Crippen LogP) is 3.43. The van der Waals surface area contributed by atoms with Gasteiger partial charge in [-0.25, -0.2) is 0 Å². The van der Waals surface area contributed by atoms with E-state index in [2.05, 4.69) is 61.9 Å². The molecule has 0 spiro atoms. The zero-order chi connectivity index (χ0) is 13.8. The third kappa shape index (κ3) is 3.27. The van der Waals surface area contributed by atoms with Crippen molar-refractivity contribution in [2.24, 2.45) is 5.73 Å². The van der Waals surface area contributed by atoms with E-state index in [9.17, 15) is 0 Å².